The second kappa shape index (κ2) is 3.96. The van der Waals surface area contributed by atoms with Gasteiger partial charge in [0.25, 0.3) is 0 Å². The van der Waals surface area contributed by atoms with E-state index < -0.39 is 0 Å². The molecule has 0 aromatic carbocycles. The van der Waals surface area contributed by atoms with E-state index >= 15 is 0 Å². The molecule has 72 valence electrons. The van der Waals surface area contributed by atoms with Gasteiger partial charge in [-0.2, -0.15) is 0 Å². The number of nitrogens with one attached hydrogen (secondary N) is 1. The molecule has 0 aliphatic rings. The summed E-state index contributed by atoms with van der Waals surface area (Å²) in [5.41, 5.74) is 0. The van der Waals surface area contributed by atoms with Gasteiger partial charge in [0.05, 0.1) is 0 Å². The lowest BCUT2D eigenvalue weighted by atomic mass is 10.3. The van der Waals surface area contributed by atoms with Gasteiger partial charge in [-0.25, -0.2) is 9.97 Å². The molecule has 0 radical (unpaired) electrons. The van der Waals surface area contributed by atoms with E-state index in [2.05, 4.69) is 36.1 Å². The SMILES string of the molecule is CNc1nccc(SC(C)(C)C)n1. The molecule has 0 unspecified atom stereocenters. The van der Waals surface area contributed by atoms with Gasteiger partial charge in [0.15, 0.2) is 0 Å². The summed E-state index contributed by atoms with van der Waals surface area (Å²) in [4.78, 5) is 8.37. The zero-order chi connectivity index (χ0) is 9.90. The number of hydrogen-bond acceptors (Lipinski definition) is 4. The molecule has 1 aromatic rings. The Balaban J connectivity index is 2.78. The summed E-state index contributed by atoms with van der Waals surface area (Å²) in [5.74, 6) is 0.675. The van der Waals surface area contributed by atoms with Gasteiger partial charge in [-0.3, -0.25) is 0 Å². The molecule has 1 rings (SSSR count). The smallest absolute Gasteiger partial charge is 0.223 e. The minimum absolute atomic E-state index is 0.194. The van der Waals surface area contributed by atoms with Gasteiger partial charge >= 0.3 is 0 Å². The van der Waals surface area contributed by atoms with E-state index in [9.17, 15) is 0 Å². The van der Waals surface area contributed by atoms with Crippen LogP contribution in [-0.2, 0) is 0 Å². The Morgan fingerprint density at radius 3 is 2.62 bits per heavy atom. The first-order valence-corrected chi connectivity index (χ1v) is 5.03. The lowest BCUT2D eigenvalue weighted by Gasteiger charge is -2.16. The topological polar surface area (TPSA) is 37.8 Å². The van der Waals surface area contributed by atoms with Gasteiger partial charge in [-0.1, -0.05) is 20.8 Å². The number of hydrogen-bond donors (Lipinski definition) is 1. The first kappa shape index (κ1) is 10.3. The fourth-order valence-electron chi connectivity index (χ4n) is 0.833. The van der Waals surface area contributed by atoms with Gasteiger partial charge in [0.1, 0.15) is 5.03 Å². The minimum atomic E-state index is 0.194. The van der Waals surface area contributed by atoms with Gasteiger partial charge in [0, 0.05) is 18.0 Å². The lowest BCUT2D eigenvalue weighted by Crippen LogP contribution is -2.08. The highest BCUT2D eigenvalue weighted by Gasteiger charge is 2.13. The molecule has 1 N–H and O–H groups in total. The highest BCUT2D eigenvalue weighted by Crippen LogP contribution is 2.30. The van der Waals surface area contributed by atoms with E-state index in [0.29, 0.717) is 5.95 Å². The summed E-state index contributed by atoms with van der Waals surface area (Å²) < 4.78 is 0.194. The summed E-state index contributed by atoms with van der Waals surface area (Å²) in [6.45, 7) is 6.50. The van der Waals surface area contributed by atoms with E-state index in [-0.39, 0.29) is 4.75 Å². The monoisotopic (exact) mass is 197 g/mol. The third-order valence-corrected chi connectivity index (χ3v) is 2.31. The molecular formula is C9H15N3S. The lowest BCUT2D eigenvalue weighted by molar-refractivity contribution is 0.798. The molecule has 0 aliphatic carbocycles. The summed E-state index contributed by atoms with van der Waals surface area (Å²) in [6, 6.07) is 1.93. The van der Waals surface area contributed by atoms with E-state index in [1.165, 1.54) is 0 Å². The largest absolute Gasteiger partial charge is 0.357 e. The molecule has 1 heterocycles. The van der Waals surface area contributed by atoms with Crippen molar-refractivity contribution in [1.29, 1.82) is 0 Å². The maximum atomic E-state index is 4.32. The Morgan fingerprint density at radius 2 is 2.08 bits per heavy atom. The second-order valence-electron chi connectivity index (χ2n) is 3.68. The van der Waals surface area contributed by atoms with Gasteiger partial charge in [-0.05, 0) is 6.07 Å². The van der Waals surface area contributed by atoms with Crippen LogP contribution in [0.4, 0.5) is 5.95 Å². The van der Waals surface area contributed by atoms with Gasteiger partial charge < -0.3 is 5.32 Å². The van der Waals surface area contributed by atoms with Crippen LogP contribution in [-0.4, -0.2) is 21.8 Å². The molecule has 0 bridgehead atoms. The normalized spacial score (nSPS) is 11.4. The number of rotatable bonds is 2. The van der Waals surface area contributed by atoms with Crippen LogP contribution in [0.25, 0.3) is 0 Å². The van der Waals surface area contributed by atoms with Crippen molar-refractivity contribution in [1.82, 2.24) is 9.97 Å². The zero-order valence-electron chi connectivity index (χ0n) is 8.46. The number of thioether (sulfide) groups is 1. The van der Waals surface area contributed by atoms with E-state index in [4.69, 9.17) is 0 Å². The van der Waals surface area contributed by atoms with Crippen LogP contribution in [0.2, 0.25) is 0 Å². The Labute approximate surface area is 83.4 Å². The van der Waals surface area contributed by atoms with E-state index in [0.717, 1.165) is 5.03 Å². The molecule has 4 heteroatoms. The third-order valence-electron chi connectivity index (χ3n) is 1.26. The molecule has 1 aromatic heterocycles. The van der Waals surface area contributed by atoms with Crippen molar-refractivity contribution in [2.24, 2.45) is 0 Å². The summed E-state index contributed by atoms with van der Waals surface area (Å²) in [7, 11) is 1.82. The van der Waals surface area contributed by atoms with Crippen molar-refractivity contribution >= 4 is 17.7 Å². The fraction of sp³-hybridized carbons (Fsp3) is 0.556. The van der Waals surface area contributed by atoms with Crippen molar-refractivity contribution in [2.45, 2.75) is 30.5 Å². The van der Waals surface area contributed by atoms with Crippen molar-refractivity contribution in [3.8, 4) is 0 Å². The van der Waals surface area contributed by atoms with Crippen LogP contribution >= 0.6 is 11.8 Å². The molecule has 0 amide bonds. The molecule has 0 fully saturated rings. The molecule has 13 heavy (non-hydrogen) atoms. The first-order valence-electron chi connectivity index (χ1n) is 4.21. The zero-order valence-corrected chi connectivity index (χ0v) is 9.27. The summed E-state index contributed by atoms with van der Waals surface area (Å²) in [6.07, 6.45) is 1.77. The maximum absolute atomic E-state index is 4.32. The number of aromatic nitrogens is 2. The number of anilines is 1. The maximum Gasteiger partial charge on any atom is 0.223 e. The van der Waals surface area contributed by atoms with Crippen LogP contribution in [0.15, 0.2) is 17.3 Å². The highest BCUT2D eigenvalue weighted by molar-refractivity contribution is 8.00. The first-order chi connectivity index (χ1) is 6.01. The third kappa shape index (κ3) is 3.63. The number of nitrogens with zero attached hydrogens (tertiary/aromatic N) is 2. The van der Waals surface area contributed by atoms with Crippen LogP contribution in [0.5, 0.6) is 0 Å². The van der Waals surface area contributed by atoms with Crippen molar-refractivity contribution in [3.05, 3.63) is 12.3 Å². The van der Waals surface area contributed by atoms with Crippen LogP contribution in [0.3, 0.4) is 0 Å². The molecule has 3 nitrogen and oxygen atoms in total. The summed E-state index contributed by atoms with van der Waals surface area (Å²) in [5, 5.41) is 3.92. The van der Waals surface area contributed by atoms with E-state index in [1.54, 1.807) is 18.0 Å². The van der Waals surface area contributed by atoms with Crippen molar-refractivity contribution in [3.63, 3.8) is 0 Å². The van der Waals surface area contributed by atoms with Crippen LogP contribution < -0.4 is 5.32 Å². The van der Waals surface area contributed by atoms with Crippen LogP contribution in [0.1, 0.15) is 20.8 Å². The Bertz CT molecular complexity index is 280. The Morgan fingerprint density at radius 1 is 1.38 bits per heavy atom. The van der Waals surface area contributed by atoms with Crippen molar-refractivity contribution in [2.75, 3.05) is 12.4 Å². The van der Waals surface area contributed by atoms with Gasteiger partial charge in [0.2, 0.25) is 5.95 Å². The summed E-state index contributed by atoms with van der Waals surface area (Å²) >= 11 is 1.74. The molecule has 0 aliphatic heterocycles. The standard InChI is InChI=1S/C9H15N3S/c1-9(2,3)13-7-5-6-11-8(10-4)12-7/h5-6H,1-4H3,(H,10,11,12). The highest BCUT2D eigenvalue weighted by atomic mass is 32.2. The molecular weight excluding hydrogens is 182 g/mol. The fourth-order valence-corrected chi connectivity index (χ4v) is 1.72. The second-order valence-corrected chi connectivity index (χ2v) is 5.53. The molecule has 0 saturated carbocycles. The molecule has 0 atom stereocenters. The van der Waals surface area contributed by atoms with Crippen LogP contribution in [0, 0.1) is 0 Å². The van der Waals surface area contributed by atoms with Gasteiger partial charge in [-0.15, -0.1) is 11.8 Å². The van der Waals surface area contributed by atoms with Crippen molar-refractivity contribution < 1.29 is 0 Å². The predicted molar refractivity (Wildman–Crippen MR) is 57.2 cm³/mol. The average molecular weight is 197 g/mol. The molecule has 0 spiro atoms. The minimum Gasteiger partial charge on any atom is -0.357 e. The Hall–Kier alpha value is -0.770. The Kier molecular flexibility index (Phi) is 3.14. The quantitative estimate of drug-likeness (QED) is 0.583. The predicted octanol–water partition coefficient (Wildman–Crippen LogP) is 2.41. The average Bonchev–Trinajstić information content (AvgIpc) is 2.01. The molecule has 0 saturated heterocycles. The van der Waals surface area contributed by atoms with E-state index in [1.807, 2.05) is 13.1 Å².